The van der Waals surface area contributed by atoms with Gasteiger partial charge in [-0.15, -0.1) is 0 Å². The van der Waals surface area contributed by atoms with E-state index in [-0.39, 0.29) is 29.1 Å². The highest BCUT2D eigenvalue weighted by Crippen LogP contribution is 2.26. The van der Waals surface area contributed by atoms with Gasteiger partial charge in [-0.1, -0.05) is 17.7 Å². The third kappa shape index (κ3) is 3.31. The molecule has 0 atom stereocenters. The van der Waals surface area contributed by atoms with E-state index in [0.717, 1.165) is 17.8 Å². The summed E-state index contributed by atoms with van der Waals surface area (Å²) >= 11 is 5.65. The van der Waals surface area contributed by atoms with Gasteiger partial charge in [0.2, 0.25) is 15.9 Å². The largest absolute Gasteiger partial charge is 0.472 e. The Kier molecular flexibility index (Phi) is 4.27. The molecule has 23 heavy (non-hydrogen) atoms. The summed E-state index contributed by atoms with van der Waals surface area (Å²) in [4.78, 5) is 4.18. The van der Waals surface area contributed by atoms with Crippen LogP contribution in [-0.2, 0) is 10.0 Å². The Bertz CT molecular complexity index is 838. The van der Waals surface area contributed by atoms with E-state index >= 15 is 0 Å². The SMILES string of the molecule is Cc1cccc(OC2CN(S(=O)(=O)c3ccc(F)c(Cl)c3)C2)n1. The number of sulfonamides is 1. The monoisotopic (exact) mass is 356 g/mol. The predicted octanol–water partition coefficient (Wildman–Crippen LogP) is 2.63. The van der Waals surface area contributed by atoms with Gasteiger partial charge in [0.05, 0.1) is 23.0 Å². The molecule has 5 nitrogen and oxygen atoms in total. The summed E-state index contributed by atoms with van der Waals surface area (Å²) in [7, 11) is -3.69. The third-order valence-corrected chi connectivity index (χ3v) is 5.61. The van der Waals surface area contributed by atoms with Crippen LogP contribution in [-0.4, -0.2) is 36.9 Å². The fraction of sp³-hybridized carbons (Fsp3) is 0.267. The van der Waals surface area contributed by atoms with Crippen molar-refractivity contribution in [3.8, 4) is 5.88 Å². The molecule has 0 unspecified atom stereocenters. The number of halogens is 2. The molecular weight excluding hydrogens is 343 g/mol. The molecule has 1 aromatic heterocycles. The van der Waals surface area contributed by atoms with E-state index in [1.165, 1.54) is 10.4 Å². The average molecular weight is 357 g/mol. The lowest BCUT2D eigenvalue weighted by molar-refractivity contribution is 0.0719. The van der Waals surface area contributed by atoms with Crippen molar-refractivity contribution in [1.82, 2.24) is 9.29 Å². The molecule has 1 aromatic carbocycles. The minimum absolute atomic E-state index is 0.0315. The Morgan fingerprint density at radius 2 is 2.04 bits per heavy atom. The van der Waals surface area contributed by atoms with E-state index in [2.05, 4.69) is 4.98 Å². The lowest BCUT2D eigenvalue weighted by Crippen LogP contribution is -2.56. The molecule has 0 saturated carbocycles. The molecule has 0 radical (unpaired) electrons. The lowest BCUT2D eigenvalue weighted by atomic mass is 10.2. The van der Waals surface area contributed by atoms with E-state index in [1.54, 1.807) is 6.07 Å². The van der Waals surface area contributed by atoms with Crippen LogP contribution in [0.3, 0.4) is 0 Å². The zero-order chi connectivity index (χ0) is 16.6. The number of aromatic nitrogens is 1. The van der Waals surface area contributed by atoms with Crippen LogP contribution in [0, 0.1) is 12.7 Å². The Labute approximate surface area is 138 Å². The van der Waals surface area contributed by atoms with E-state index in [1.807, 2.05) is 19.1 Å². The van der Waals surface area contributed by atoms with Gasteiger partial charge in [-0.3, -0.25) is 0 Å². The number of pyridine rings is 1. The Balaban J connectivity index is 1.67. The highest BCUT2D eigenvalue weighted by Gasteiger charge is 2.38. The fourth-order valence-electron chi connectivity index (χ4n) is 2.21. The van der Waals surface area contributed by atoms with Gasteiger partial charge in [-0.05, 0) is 31.2 Å². The van der Waals surface area contributed by atoms with Crippen molar-refractivity contribution < 1.29 is 17.5 Å². The first kappa shape index (κ1) is 16.2. The first-order chi connectivity index (χ1) is 10.9. The lowest BCUT2D eigenvalue weighted by Gasteiger charge is -2.37. The van der Waals surface area contributed by atoms with Gasteiger partial charge in [0.1, 0.15) is 11.9 Å². The molecule has 122 valence electrons. The molecule has 1 saturated heterocycles. The summed E-state index contributed by atoms with van der Waals surface area (Å²) in [6.45, 7) is 2.28. The number of benzene rings is 1. The number of ether oxygens (including phenoxy) is 1. The zero-order valence-corrected chi connectivity index (χ0v) is 13.8. The first-order valence-corrected chi connectivity index (χ1v) is 8.73. The van der Waals surface area contributed by atoms with Gasteiger partial charge < -0.3 is 4.74 Å². The van der Waals surface area contributed by atoms with E-state index in [9.17, 15) is 12.8 Å². The molecule has 0 bridgehead atoms. The summed E-state index contributed by atoms with van der Waals surface area (Å²) < 4.78 is 44.9. The molecule has 1 fully saturated rings. The molecule has 2 aromatic rings. The molecule has 0 amide bonds. The average Bonchev–Trinajstić information content (AvgIpc) is 2.45. The summed E-state index contributed by atoms with van der Waals surface area (Å²) in [6.07, 6.45) is -0.255. The second-order valence-electron chi connectivity index (χ2n) is 5.26. The molecule has 1 aliphatic heterocycles. The molecule has 0 aliphatic carbocycles. The van der Waals surface area contributed by atoms with Crippen LogP contribution in [0.25, 0.3) is 0 Å². The molecule has 8 heteroatoms. The van der Waals surface area contributed by atoms with Crippen molar-refractivity contribution in [3.63, 3.8) is 0 Å². The summed E-state index contributed by atoms with van der Waals surface area (Å²) in [5.74, 6) is -0.183. The molecule has 0 N–H and O–H groups in total. The Hall–Kier alpha value is -1.70. The maximum absolute atomic E-state index is 13.2. The van der Waals surface area contributed by atoms with Crippen molar-refractivity contribution in [1.29, 1.82) is 0 Å². The molecular formula is C15H14ClFN2O3S. The molecule has 0 spiro atoms. The fourth-order valence-corrected chi connectivity index (χ4v) is 3.99. The summed E-state index contributed by atoms with van der Waals surface area (Å²) in [5.41, 5.74) is 0.826. The minimum Gasteiger partial charge on any atom is -0.472 e. The summed E-state index contributed by atoms with van der Waals surface area (Å²) in [6, 6.07) is 8.76. The van der Waals surface area contributed by atoms with Crippen LogP contribution in [0.5, 0.6) is 5.88 Å². The van der Waals surface area contributed by atoms with Crippen molar-refractivity contribution in [2.75, 3.05) is 13.1 Å². The second-order valence-corrected chi connectivity index (χ2v) is 7.60. The van der Waals surface area contributed by atoms with E-state index in [4.69, 9.17) is 16.3 Å². The maximum atomic E-state index is 13.2. The minimum atomic E-state index is -3.69. The van der Waals surface area contributed by atoms with Crippen molar-refractivity contribution >= 4 is 21.6 Å². The normalized spacial score (nSPS) is 16.1. The van der Waals surface area contributed by atoms with Crippen LogP contribution in [0.2, 0.25) is 5.02 Å². The quantitative estimate of drug-likeness (QED) is 0.845. The van der Waals surface area contributed by atoms with Crippen LogP contribution in [0.15, 0.2) is 41.3 Å². The van der Waals surface area contributed by atoms with Crippen molar-refractivity contribution in [3.05, 3.63) is 52.9 Å². The zero-order valence-electron chi connectivity index (χ0n) is 12.2. The smallest absolute Gasteiger partial charge is 0.243 e. The summed E-state index contributed by atoms with van der Waals surface area (Å²) in [5, 5.41) is -0.219. The molecule has 1 aliphatic rings. The number of hydrogen-bond acceptors (Lipinski definition) is 4. The molecule has 2 heterocycles. The van der Waals surface area contributed by atoms with Gasteiger partial charge in [0, 0.05) is 11.8 Å². The van der Waals surface area contributed by atoms with Crippen molar-refractivity contribution in [2.24, 2.45) is 0 Å². The Morgan fingerprint density at radius 3 is 2.70 bits per heavy atom. The third-order valence-electron chi connectivity index (χ3n) is 3.49. The maximum Gasteiger partial charge on any atom is 0.243 e. The van der Waals surface area contributed by atoms with E-state index < -0.39 is 15.8 Å². The first-order valence-electron chi connectivity index (χ1n) is 6.92. The van der Waals surface area contributed by atoms with Crippen LogP contribution in [0.1, 0.15) is 5.69 Å². The van der Waals surface area contributed by atoms with Gasteiger partial charge in [0.25, 0.3) is 0 Å². The highest BCUT2D eigenvalue weighted by molar-refractivity contribution is 7.89. The number of hydrogen-bond donors (Lipinski definition) is 0. The van der Waals surface area contributed by atoms with Crippen molar-refractivity contribution in [2.45, 2.75) is 17.9 Å². The predicted molar refractivity (Wildman–Crippen MR) is 83.6 cm³/mol. The van der Waals surface area contributed by atoms with Crippen LogP contribution < -0.4 is 4.74 Å². The topological polar surface area (TPSA) is 59.5 Å². The second kappa shape index (κ2) is 6.07. The standard InChI is InChI=1S/C15H14ClFN2O3S/c1-10-3-2-4-15(18-10)22-11-8-19(9-11)23(20,21)12-5-6-14(17)13(16)7-12/h2-7,11H,8-9H2,1H3. The van der Waals surface area contributed by atoms with E-state index in [0.29, 0.717) is 5.88 Å². The number of aryl methyl sites for hydroxylation is 1. The number of rotatable bonds is 4. The van der Waals surface area contributed by atoms with Gasteiger partial charge in [-0.25, -0.2) is 17.8 Å². The van der Waals surface area contributed by atoms with Crippen LogP contribution in [0.4, 0.5) is 4.39 Å². The van der Waals surface area contributed by atoms with Gasteiger partial charge >= 0.3 is 0 Å². The molecule has 3 rings (SSSR count). The van der Waals surface area contributed by atoms with Crippen LogP contribution >= 0.6 is 11.6 Å². The highest BCUT2D eigenvalue weighted by atomic mass is 35.5. The van der Waals surface area contributed by atoms with Gasteiger partial charge in [0.15, 0.2) is 0 Å². The Morgan fingerprint density at radius 1 is 1.30 bits per heavy atom. The van der Waals surface area contributed by atoms with Gasteiger partial charge in [-0.2, -0.15) is 4.31 Å². The number of nitrogens with zero attached hydrogens (tertiary/aromatic N) is 2.